The largest absolute Gasteiger partial charge is 0.508 e. The average Bonchev–Trinajstić information content (AvgIpc) is 0.735. The normalized spacial score (nSPS) is 25.0. The van der Waals surface area contributed by atoms with E-state index < -0.39 is 125 Å². The van der Waals surface area contributed by atoms with Crippen molar-refractivity contribution in [1.29, 1.82) is 0 Å². The first kappa shape index (κ1) is 63.7. The maximum absolute atomic E-state index is 11.3. The van der Waals surface area contributed by atoms with Gasteiger partial charge in [-0.1, -0.05) is 188 Å². The van der Waals surface area contributed by atoms with Crippen LogP contribution in [-0.2, 0) is 0 Å². The van der Waals surface area contributed by atoms with Crippen molar-refractivity contribution < 1.29 is 95.5 Å². The summed E-state index contributed by atoms with van der Waals surface area (Å²) in [4.78, 5) is 5.91. The van der Waals surface area contributed by atoms with E-state index in [0.29, 0.717) is 105 Å². The maximum atomic E-state index is 11.3. The van der Waals surface area contributed by atoms with E-state index in [1.807, 2.05) is 19.0 Å². The Hall–Kier alpha value is -6.36. The van der Waals surface area contributed by atoms with Crippen LogP contribution < -0.4 is 0 Å². The van der Waals surface area contributed by atoms with Crippen molar-refractivity contribution in [1.82, 2.24) is 29.4 Å². The lowest BCUT2D eigenvalue weighted by Crippen LogP contribution is -2.42. The zero-order chi connectivity index (χ0) is 105. The molecule has 18 nitrogen and oxygen atoms in total. The van der Waals surface area contributed by atoms with Gasteiger partial charge >= 0.3 is 0 Å². The minimum atomic E-state index is -3.24. The van der Waals surface area contributed by atoms with Gasteiger partial charge in [-0.2, -0.15) is 0 Å². The molecule has 6 fully saturated rings. The third kappa shape index (κ3) is 29.6. The molecule has 6 saturated carbocycles. The predicted octanol–water partition coefficient (Wildman–Crippen LogP) is 16.4. The highest BCUT2D eigenvalue weighted by atomic mass is 16.3. The lowest BCUT2D eigenvalue weighted by Gasteiger charge is -2.40. The summed E-state index contributed by atoms with van der Waals surface area (Å²) in [7, 11) is 10.0. The molecule has 0 saturated heterocycles. The van der Waals surface area contributed by atoms with E-state index in [9.17, 15) is 61.3 Å². The van der Waals surface area contributed by atoms with Crippen LogP contribution >= 0.6 is 0 Å². The molecule has 12 N–H and O–H groups in total. The lowest BCUT2D eigenvalue weighted by molar-refractivity contribution is -0.0280. The highest BCUT2D eigenvalue weighted by molar-refractivity contribution is 5.36. The summed E-state index contributed by atoms with van der Waals surface area (Å²) in [5, 5.41) is 124. The van der Waals surface area contributed by atoms with Crippen molar-refractivity contribution in [3.63, 3.8) is 0 Å². The number of phenolic OH excluding ortho intramolecular Hbond substituents is 6. The molecule has 114 heavy (non-hydrogen) atoms. The number of aromatic hydroxyl groups is 6. The number of hydrogen-bond acceptors (Lipinski definition) is 18. The summed E-state index contributed by atoms with van der Waals surface area (Å²) in [6.45, 7) is -23.3. The van der Waals surface area contributed by atoms with Gasteiger partial charge in [-0.15, -0.1) is 0 Å². The zero-order valence-corrected chi connectivity index (χ0v) is 68.1. The van der Waals surface area contributed by atoms with Gasteiger partial charge in [0.05, 0.1) is 33.6 Å². The topological polar surface area (TPSA) is 262 Å². The SMILES string of the molecule is [2H]C(CN(C)C)(c1ccc(O)cc1)C1(O)CCCCC1.[2H]C([2H])(C(c1ccc(O)cc1)C1(O)CCCCC1)N(C)C.[2H]C([2H])([2H])N(C([2H])([2H])[2H])C([2H])([2H])C(c1ccc(O)cc1)C1(O)CCCCC1.[2H]C([2H])([2H])N(C)C([2H])([2H])C(c1ccc(O)cc1)C1(O)CCCCC1.[2H]C([2H])([2H])N(C)CC(c1ccc(O)cc1)C1(O)CCCCC1.[2H]C([2H])([2H])N(CC(c1ccc(O)cc1)C1(O)CCCCC1)C([2H])([2H])[2H]. The molecule has 6 atom stereocenters. The van der Waals surface area contributed by atoms with Crippen molar-refractivity contribution in [3.8, 4) is 34.5 Å². The number of aliphatic hydroxyl groups is 6. The summed E-state index contributed by atoms with van der Waals surface area (Å²) in [5.41, 5.74) is -3.28. The Morgan fingerprint density at radius 2 is 0.447 bits per heavy atom. The molecule has 6 aromatic carbocycles. The molecule has 12 rings (SSSR count). The van der Waals surface area contributed by atoms with Crippen LogP contribution in [0.25, 0.3) is 0 Å². The molecule has 0 amide bonds. The van der Waals surface area contributed by atoms with Crippen LogP contribution in [0.3, 0.4) is 0 Å². The van der Waals surface area contributed by atoms with Crippen LogP contribution in [0.4, 0.5) is 0 Å². The second-order valence-electron chi connectivity index (χ2n) is 33.2. The van der Waals surface area contributed by atoms with Crippen molar-refractivity contribution in [3.05, 3.63) is 179 Å². The standard InChI is InChI=1S/6C16H25NO2/c6*1-17(2)12-15(13-6-8-14(18)9-7-13)16(19)10-4-3-5-11-16/h6*6-9,15,18-19H,3-5,10-12H2,1-2H3/i1D3,2D3,12D2;1D3,12D2;1D3,2D3;15D;12D2;1D3. The second-order valence-corrected chi connectivity index (χ2v) is 33.2. The highest BCUT2D eigenvalue weighted by Crippen LogP contribution is 2.47. The monoisotopic (exact) mass is 1600 g/mol. The van der Waals surface area contributed by atoms with Crippen molar-refractivity contribution >= 4 is 0 Å². The molecule has 636 valence electrons. The third-order valence-electron chi connectivity index (χ3n) is 23.5. The molecule has 0 aromatic heterocycles. The fourth-order valence-corrected chi connectivity index (χ4v) is 17.4. The summed E-state index contributed by atoms with van der Waals surface area (Å²) in [6.07, 6.45) is 22.6. The summed E-state index contributed by atoms with van der Waals surface area (Å²) in [5.74, 6) is -4.57. The Kier molecular flexibility index (Phi) is 25.4. The fourth-order valence-electron chi connectivity index (χ4n) is 17.4. The number of nitrogens with zero attached hydrogens (tertiary/aromatic N) is 6. The Bertz CT molecular complexity index is 4630. The Labute approximate surface area is 721 Å². The van der Waals surface area contributed by atoms with Crippen LogP contribution in [0.5, 0.6) is 34.5 Å². The van der Waals surface area contributed by atoms with Gasteiger partial charge in [0, 0.05) is 109 Å². The van der Waals surface area contributed by atoms with Gasteiger partial charge in [0.15, 0.2) is 0 Å². The molecule has 6 unspecified atom stereocenters. The van der Waals surface area contributed by atoms with E-state index in [-0.39, 0.29) is 76.8 Å². The molecule has 0 aliphatic heterocycles. The van der Waals surface area contributed by atoms with Crippen molar-refractivity contribution in [2.24, 2.45) is 0 Å². The first-order valence-electron chi connectivity index (χ1n) is 53.4. The molecule has 6 aliphatic rings. The number of likely N-dealkylation sites (N-methyl/N-ethyl adjacent to an activating group) is 6. The van der Waals surface area contributed by atoms with Crippen LogP contribution in [0.1, 0.15) is 296 Å². The number of benzene rings is 6. The molecule has 0 spiro atoms. The average molecular weight is 1610 g/mol. The summed E-state index contributed by atoms with van der Waals surface area (Å²) in [6, 6.07) is 37.5. The summed E-state index contributed by atoms with van der Waals surface area (Å²) >= 11 is 0. The van der Waals surface area contributed by atoms with E-state index in [1.165, 1.54) is 65.4 Å². The maximum Gasteiger partial charge on any atom is 0.115 e. The molecule has 6 aromatic rings. The molecular weight excluding hydrogens is 1430 g/mol. The van der Waals surface area contributed by atoms with Gasteiger partial charge < -0.3 is 90.7 Å². The van der Waals surface area contributed by atoms with Gasteiger partial charge in [-0.3, -0.25) is 0 Å². The number of hydrogen-bond donors (Lipinski definition) is 12. The highest BCUT2D eigenvalue weighted by Gasteiger charge is 2.45. The Morgan fingerprint density at radius 1 is 0.246 bits per heavy atom. The zero-order valence-electron chi connectivity index (χ0n) is 93.1. The smallest absolute Gasteiger partial charge is 0.115 e. The minimum absolute atomic E-state index is 0.0397. The van der Waals surface area contributed by atoms with Gasteiger partial charge in [-0.25, -0.2) is 0 Å². The van der Waals surface area contributed by atoms with Gasteiger partial charge in [-0.05, 0) is 267 Å². The van der Waals surface area contributed by atoms with Crippen molar-refractivity contribution in [2.45, 2.75) is 262 Å². The molecule has 18 heteroatoms. The van der Waals surface area contributed by atoms with Crippen LogP contribution in [0, 0.1) is 0 Å². The molecule has 0 bridgehead atoms. The number of rotatable bonds is 24. The van der Waals surface area contributed by atoms with E-state index >= 15 is 0 Å². The fraction of sp³-hybridized carbons (Fsp3) is 0.625. The van der Waals surface area contributed by atoms with Gasteiger partial charge in [0.1, 0.15) is 34.5 Å². The van der Waals surface area contributed by atoms with E-state index in [4.69, 9.17) is 34.3 Å². The summed E-state index contributed by atoms with van der Waals surface area (Å²) < 4.78 is 197. The van der Waals surface area contributed by atoms with E-state index in [0.717, 1.165) is 119 Å². The third-order valence-corrected chi connectivity index (χ3v) is 23.5. The quantitative estimate of drug-likeness (QED) is 0.0269. The molecular formula is C96H150N6O12. The molecule has 0 heterocycles. The Morgan fingerprint density at radius 3 is 0.684 bits per heavy atom. The Balaban J connectivity index is 0.000000227. The number of phenols is 6. The van der Waals surface area contributed by atoms with Gasteiger partial charge in [0.2, 0.25) is 0 Å². The minimum Gasteiger partial charge on any atom is -0.508 e. The van der Waals surface area contributed by atoms with E-state index in [1.54, 1.807) is 118 Å². The van der Waals surface area contributed by atoms with Gasteiger partial charge in [0.25, 0.3) is 0 Å². The lowest BCUT2D eigenvalue weighted by atomic mass is 9.72. The van der Waals surface area contributed by atoms with E-state index in [2.05, 4.69) is 0 Å². The second kappa shape index (κ2) is 45.5. The predicted molar refractivity (Wildman–Crippen MR) is 465 cm³/mol. The first-order valence-corrected chi connectivity index (χ1v) is 40.9. The van der Waals surface area contributed by atoms with Crippen LogP contribution in [-0.4, -0.2) is 248 Å². The molecule has 6 aliphatic carbocycles. The van der Waals surface area contributed by atoms with Crippen LogP contribution in [0.2, 0.25) is 0 Å². The van der Waals surface area contributed by atoms with Crippen LogP contribution in [0.15, 0.2) is 146 Å². The molecule has 0 radical (unpaired) electrons. The van der Waals surface area contributed by atoms with Crippen molar-refractivity contribution in [2.75, 3.05) is 123 Å². The first-order chi connectivity index (χ1) is 64.0.